The SMILES string of the molecule is [C]1=NCCS1. The zero-order valence-electron chi connectivity index (χ0n) is 2.77. The number of aliphatic imine (C=N–C) groups is 1. The normalized spacial score (nSPS) is 20.8. The molecule has 0 atom stereocenters. The van der Waals surface area contributed by atoms with E-state index in [0.29, 0.717) is 0 Å². The second kappa shape index (κ2) is 1.45. The molecule has 2 heteroatoms. The van der Waals surface area contributed by atoms with Crippen molar-refractivity contribution in [3.05, 3.63) is 0 Å². The molecule has 1 heterocycles. The number of hydrogen-bond donors (Lipinski definition) is 0. The van der Waals surface area contributed by atoms with E-state index < -0.39 is 0 Å². The van der Waals surface area contributed by atoms with Gasteiger partial charge in [-0.15, -0.1) is 11.8 Å². The molecule has 0 amide bonds. The predicted octanol–water partition coefficient (Wildman–Crippen LogP) is 0.639. The first-order chi connectivity index (χ1) is 2.50. The van der Waals surface area contributed by atoms with E-state index in [4.69, 9.17) is 0 Å². The molecular formula is C3H4NS. The summed E-state index contributed by atoms with van der Waals surface area (Å²) in [5.41, 5.74) is 2.76. The molecule has 0 N–H and O–H groups in total. The number of rotatable bonds is 0. The van der Waals surface area contributed by atoms with Crippen molar-refractivity contribution in [1.29, 1.82) is 0 Å². The summed E-state index contributed by atoms with van der Waals surface area (Å²) in [5.74, 6) is 1.14. The van der Waals surface area contributed by atoms with Crippen LogP contribution in [0.5, 0.6) is 0 Å². The maximum atomic E-state index is 3.80. The summed E-state index contributed by atoms with van der Waals surface area (Å²) in [6.45, 7) is 0.977. The lowest BCUT2D eigenvalue weighted by Gasteiger charge is -1.66. The number of nitrogens with zero attached hydrogens (tertiary/aromatic N) is 1. The lowest BCUT2D eigenvalue weighted by atomic mass is 10.8. The monoisotopic (exact) mass is 86.0 g/mol. The molecule has 1 radical (unpaired) electrons. The van der Waals surface area contributed by atoms with Gasteiger partial charge in [-0.3, -0.25) is 4.99 Å². The van der Waals surface area contributed by atoms with Gasteiger partial charge in [0, 0.05) is 12.3 Å². The highest BCUT2D eigenvalue weighted by atomic mass is 32.2. The van der Waals surface area contributed by atoms with E-state index in [1.54, 1.807) is 11.8 Å². The van der Waals surface area contributed by atoms with Gasteiger partial charge in [0.05, 0.1) is 0 Å². The first kappa shape index (κ1) is 3.22. The molecule has 0 aromatic carbocycles. The summed E-state index contributed by atoms with van der Waals surface area (Å²) in [6, 6.07) is 0. The maximum absolute atomic E-state index is 3.80. The number of thioether (sulfide) groups is 1. The molecule has 0 aromatic heterocycles. The Morgan fingerprint density at radius 2 is 2.80 bits per heavy atom. The summed E-state index contributed by atoms with van der Waals surface area (Å²) in [4.78, 5) is 3.80. The molecule has 0 saturated heterocycles. The lowest BCUT2D eigenvalue weighted by Crippen LogP contribution is -1.69. The van der Waals surface area contributed by atoms with Crippen LogP contribution in [0, 0.1) is 0 Å². The largest absolute Gasteiger partial charge is 0.275 e. The fourth-order valence-corrected chi connectivity index (χ4v) is 0.685. The van der Waals surface area contributed by atoms with E-state index in [0.717, 1.165) is 12.3 Å². The summed E-state index contributed by atoms with van der Waals surface area (Å²) in [7, 11) is 0. The second-order valence-electron chi connectivity index (χ2n) is 0.821. The minimum Gasteiger partial charge on any atom is -0.275 e. The molecule has 1 aliphatic rings. The molecule has 0 unspecified atom stereocenters. The molecule has 0 aromatic rings. The zero-order valence-corrected chi connectivity index (χ0v) is 3.59. The Labute approximate surface area is 35.5 Å². The highest BCUT2D eigenvalue weighted by Crippen LogP contribution is 1.99. The van der Waals surface area contributed by atoms with E-state index in [1.807, 2.05) is 0 Å². The molecule has 0 aliphatic carbocycles. The zero-order chi connectivity index (χ0) is 3.54. The van der Waals surface area contributed by atoms with E-state index in [9.17, 15) is 0 Å². The first-order valence-electron chi connectivity index (χ1n) is 1.53. The third-order valence-corrected chi connectivity index (χ3v) is 1.08. The van der Waals surface area contributed by atoms with Crippen LogP contribution >= 0.6 is 11.8 Å². The van der Waals surface area contributed by atoms with Crippen molar-refractivity contribution >= 4 is 17.3 Å². The molecule has 27 valence electrons. The van der Waals surface area contributed by atoms with Crippen molar-refractivity contribution in [3.63, 3.8) is 0 Å². The van der Waals surface area contributed by atoms with Gasteiger partial charge >= 0.3 is 0 Å². The number of hydrogen-bond acceptors (Lipinski definition) is 2. The van der Waals surface area contributed by atoms with Gasteiger partial charge in [-0.25, -0.2) is 0 Å². The van der Waals surface area contributed by atoms with Gasteiger partial charge in [0.25, 0.3) is 0 Å². The highest BCUT2D eigenvalue weighted by Gasteiger charge is 1.87. The Kier molecular flexibility index (Phi) is 0.937. The third-order valence-electron chi connectivity index (χ3n) is 0.434. The average molecular weight is 86.1 g/mol. The van der Waals surface area contributed by atoms with Crippen molar-refractivity contribution in [1.82, 2.24) is 0 Å². The molecule has 1 rings (SSSR count). The smallest absolute Gasteiger partial charge is 0.122 e. The predicted molar refractivity (Wildman–Crippen MR) is 24.8 cm³/mol. The van der Waals surface area contributed by atoms with Crippen molar-refractivity contribution in [2.45, 2.75) is 0 Å². The molecule has 0 fully saturated rings. The van der Waals surface area contributed by atoms with Crippen molar-refractivity contribution in [2.24, 2.45) is 4.99 Å². The second-order valence-corrected chi connectivity index (χ2v) is 1.70. The van der Waals surface area contributed by atoms with Gasteiger partial charge in [-0.05, 0) is 0 Å². The van der Waals surface area contributed by atoms with Crippen molar-refractivity contribution in [3.8, 4) is 0 Å². The molecular weight excluding hydrogens is 82.1 g/mol. The van der Waals surface area contributed by atoms with Crippen LogP contribution in [0.2, 0.25) is 0 Å². The van der Waals surface area contributed by atoms with Gasteiger partial charge in [0.2, 0.25) is 0 Å². The average Bonchev–Trinajstić information content (AvgIpc) is 1.76. The molecule has 0 saturated carbocycles. The summed E-state index contributed by atoms with van der Waals surface area (Å²) < 4.78 is 0. The van der Waals surface area contributed by atoms with Gasteiger partial charge in [0.15, 0.2) is 0 Å². The van der Waals surface area contributed by atoms with Crippen LogP contribution in [0.25, 0.3) is 0 Å². The minimum atomic E-state index is 0.977. The van der Waals surface area contributed by atoms with E-state index in [1.165, 1.54) is 0 Å². The summed E-state index contributed by atoms with van der Waals surface area (Å²) >= 11 is 1.66. The van der Waals surface area contributed by atoms with E-state index >= 15 is 0 Å². The van der Waals surface area contributed by atoms with Crippen LogP contribution in [-0.4, -0.2) is 17.8 Å². The van der Waals surface area contributed by atoms with E-state index in [2.05, 4.69) is 10.5 Å². The van der Waals surface area contributed by atoms with Gasteiger partial charge in [0.1, 0.15) is 5.55 Å². The van der Waals surface area contributed by atoms with Crippen molar-refractivity contribution in [2.75, 3.05) is 12.3 Å². The van der Waals surface area contributed by atoms with E-state index in [-0.39, 0.29) is 0 Å². The quantitative estimate of drug-likeness (QED) is 0.421. The molecule has 0 spiro atoms. The van der Waals surface area contributed by atoms with Crippen LogP contribution in [0.15, 0.2) is 4.99 Å². The topological polar surface area (TPSA) is 12.4 Å². The van der Waals surface area contributed by atoms with Crippen LogP contribution in [0.3, 0.4) is 0 Å². The molecule has 1 aliphatic heterocycles. The van der Waals surface area contributed by atoms with Gasteiger partial charge < -0.3 is 0 Å². The maximum Gasteiger partial charge on any atom is 0.122 e. The Hall–Kier alpha value is 0.0200. The molecule has 0 bridgehead atoms. The third kappa shape index (κ3) is 0.651. The first-order valence-corrected chi connectivity index (χ1v) is 2.52. The standard InChI is InChI=1S/C3H4NS/c1-2-5-3-4-1/h1-2H2. The molecule has 1 nitrogen and oxygen atoms in total. The van der Waals surface area contributed by atoms with Crippen LogP contribution < -0.4 is 0 Å². The van der Waals surface area contributed by atoms with Gasteiger partial charge in [-0.1, -0.05) is 0 Å². The van der Waals surface area contributed by atoms with Crippen LogP contribution in [0.1, 0.15) is 0 Å². The Morgan fingerprint density at radius 1 is 1.80 bits per heavy atom. The fourth-order valence-electron chi connectivity index (χ4n) is 0.228. The summed E-state index contributed by atoms with van der Waals surface area (Å²) in [5, 5.41) is 0. The fraction of sp³-hybridized carbons (Fsp3) is 0.667. The molecule has 5 heavy (non-hydrogen) atoms. The Bertz CT molecular complexity index is 44.9. The van der Waals surface area contributed by atoms with Gasteiger partial charge in [-0.2, -0.15) is 0 Å². The van der Waals surface area contributed by atoms with Crippen LogP contribution in [0.4, 0.5) is 0 Å². The Morgan fingerprint density at radius 3 is 3.00 bits per heavy atom. The highest BCUT2D eigenvalue weighted by molar-refractivity contribution is 8.12. The lowest BCUT2D eigenvalue weighted by molar-refractivity contribution is 1.18. The summed E-state index contributed by atoms with van der Waals surface area (Å²) in [6.07, 6.45) is 0. The van der Waals surface area contributed by atoms with Crippen LogP contribution in [-0.2, 0) is 0 Å². The minimum absolute atomic E-state index is 0.977. The van der Waals surface area contributed by atoms with Crippen molar-refractivity contribution < 1.29 is 0 Å². The Balaban J connectivity index is 2.32.